The minimum Gasteiger partial charge on any atom is -0.382 e. The molecular weight excluding hydrogens is 202 g/mol. The molecular formula is C11H17N5. The van der Waals surface area contributed by atoms with Crippen LogP contribution in [0.15, 0.2) is 12.4 Å². The van der Waals surface area contributed by atoms with Crippen LogP contribution < -0.4 is 10.6 Å². The number of aromatic nitrogens is 2. The molecule has 0 radical (unpaired) electrons. The van der Waals surface area contributed by atoms with Crippen LogP contribution in [0, 0.1) is 11.3 Å². The third-order valence-electron chi connectivity index (χ3n) is 3.10. The molecule has 0 aliphatic carbocycles. The Morgan fingerprint density at radius 1 is 1.56 bits per heavy atom. The summed E-state index contributed by atoms with van der Waals surface area (Å²) in [6, 6.07) is 0. The van der Waals surface area contributed by atoms with E-state index in [9.17, 15) is 0 Å². The smallest absolute Gasteiger partial charge is 0.147 e. The van der Waals surface area contributed by atoms with Crippen molar-refractivity contribution in [3.05, 3.63) is 18.1 Å². The minimum absolute atomic E-state index is 0.0353. The van der Waals surface area contributed by atoms with Gasteiger partial charge in [0.2, 0.25) is 0 Å². The zero-order chi connectivity index (χ0) is 11.5. The van der Waals surface area contributed by atoms with Gasteiger partial charge in [-0.3, -0.25) is 5.41 Å². The van der Waals surface area contributed by atoms with E-state index in [1.165, 1.54) is 12.8 Å². The summed E-state index contributed by atoms with van der Waals surface area (Å²) >= 11 is 0. The number of amidine groups is 1. The van der Waals surface area contributed by atoms with Crippen LogP contribution >= 0.6 is 0 Å². The zero-order valence-corrected chi connectivity index (χ0v) is 9.48. The highest BCUT2D eigenvalue weighted by molar-refractivity contribution is 5.92. The molecule has 86 valence electrons. The van der Waals surface area contributed by atoms with E-state index in [4.69, 9.17) is 11.1 Å². The molecule has 1 atom stereocenters. The van der Waals surface area contributed by atoms with Crippen LogP contribution in [0.4, 0.5) is 5.82 Å². The van der Waals surface area contributed by atoms with Crippen molar-refractivity contribution in [3.63, 3.8) is 0 Å². The van der Waals surface area contributed by atoms with Gasteiger partial charge in [-0.15, -0.1) is 0 Å². The van der Waals surface area contributed by atoms with Crippen LogP contribution in [-0.2, 0) is 0 Å². The molecule has 0 aromatic carbocycles. The maximum absolute atomic E-state index is 7.24. The fraction of sp³-hybridized carbons (Fsp3) is 0.545. The van der Waals surface area contributed by atoms with Crippen LogP contribution in [0.1, 0.15) is 25.5 Å². The summed E-state index contributed by atoms with van der Waals surface area (Å²) in [4.78, 5) is 10.7. The number of nitrogen functional groups attached to an aromatic ring is 1. The van der Waals surface area contributed by atoms with Gasteiger partial charge in [0, 0.05) is 13.1 Å². The predicted octanol–water partition coefficient (Wildman–Crippen LogP) is 0.997. The number of anilines is 1. The van der Waals surface area contributed by atoms with Crippen LogP contribution in [-0.4, -0.2) is 28.9 Å². The van der Waals surface area contributed by atoms with Crippen molar-refractivity contribution < 1.29 is 0 Å². The second-order valence-electron chi connectivity index (χ2n) is 4.18. The summed E-state index contributed by atoms with van der Waals surface area (Å²) in [5, 5.41) is 7.24. The van der Waals surface area contributed by atoms with Crippen LogP contribution in [0.5, 0.6) is 0 Å². The Labute approximate surface area is 95.2 Å². The lowest BCUT2D eigenvalue weighted by atomic mass is 10.1. The molecule has 2 heterocycles. The van der Waals surface area contributed by atoms with Gasteiger partial charge in [-0.1, -0.05) is 13.3 Å². The van der Waals surface area contributed by atoms with E-state index < -0.39 is 0 Å². The lowest BCUT2D eigenvalue weighted by Crippen LogP contribution is -2.22. The lowest BCUT2D eigenvalue weighted by Gasteiger charge is -2.16. The Morgan fingerprint density at radius 2 is 2.38 bits per heavy atom. The number of hydrogen-bond acceptors (Lipinski definition) is 4. The Bertz CT molecular complexity index is 372. The molecule has 1 aliphatic heterocycles. The molecule has 0 spiro atoms. The van der Waals surface area contributed by atoms with E-state index in [1.807, 2.05) is 0 Å². The molecule has 1 aromatic heterocycles. The van der Waals surface area contributed by atoms with E-state index in [0.717, 1.165) is 24.8 Å². The van der Waals surface area contributed by atoms with Crippen molar-refractivity contribution in [3.8, 4) is 0 Å². The normalized spacial score (nSPS) is 20.1. The molecule has 0 amide bonds. The molecule has 0 bridgehead atoms. The van der Waals surface area contributed by atoms with Crippen LogP contribution in [0.25, 0.3) is 0 Å². The molecule has 0 saturated carbocycles. The Hall–Kier alpha value is -1.65. The molecule has 5 heteroatoms. The van der Waals surface area contributed by atoms with Crippen molar-refractivity contribution in [1.29, 1.82) is 5.41 Å². The quantitative estimate of drug-likeness (QED) is 0.587. The first-order valence-electron chi connectivity index (χ1n) is 5.62. The summed E-state index contributed by atoms with van der Waals surface area (Å²) in [5.74, 6) is 1.63. The van der Waals surface area contributed by atoms with Gasteiger partial charge in [-0.25, -0.2) is 9.97 Å². The number of rotatable bonds is 3. The SMILES string of the molecule is CCC1CCN(c2cnc(C(=N)N)cn2)C1. The largest absolute Gasteiger partial charge is 0.382 e. The van der Waals surface area contributed by atoms with Gasteiger partial charge in [-0.2, -0.15) is 0 Å². The molecule has 16 heavy (non-hydrogen) atoms. The number of nitrogens with zero attached hydrogens (tertiary/aromatic N) is 3. The summed E-state index contributed by atoms with van der Waals surface area (Å²) in [6.07, 6.45) is 5.72. The van der Waals surface area contributed by atoms with Gasteiger partial charge in [0.1, 0.15) is 17.3 Å². The number of nitrogens with two attached hydrogens (primary N) is 1. The zero-order valence-electron chi connectivity index (χ0n) is 9.48. The summed E-state index contributed by atoms with van der Waals surface area (Å²) in [5.41, 5.74) is 5.77. The molecule has 2 rings (SSSR count). The van der Waals surface area contributed by atoms with Crippen molar-refractivity contribution in [1.82, 2.24) is 9.97 Å². The lowest BCUT2D eigenvalue weighted by molar-refractivity contribution is 0.568. The van der Waals surface area contributed by atoms with Crippen molar-refractivity contribution in [2.45, 2.75) is 19.8 Å². The molecule has 3 N–H and O–H groups in total. The van der Waals surface area contributed by atoms with Crippen molar-refractivity contribution >= 4 is 11.7 Å². The predicted molar refractivity (Wildman–Crippen MR) is 63.7 cm³/mol. The molecule has 1 unspecified atom stereocenters. The molecule has 1 aliphatic rings. The summed E-state index contributed by atoms with van der Waals surface area (Å²) < 4.78 is 0. The van der Waals surface area contributed by atoms with E-state index in [0.29, 0.717) is 5.69 Å². The highest BCUT2D eigenvalue weighted by Crippen LogP contribution is 2.23. The average molecular weight is 219 g/mol. The average Bonchev–Trinajstić information content (AvgIpc) is 2.77. The van der Waals surface area contributed by atoms with Gasteiger partial charge in [-0.05, 0) is 12.3 Å². The molecule has 1 aromatic rings. The number of hydrogen-bond donors (Lipinski definition) is 2. The Balaban J connectivity index is 2.08. The number of nitrogens with one attached hydrogen (secondary N) is 1. The van der Waals surface area contributed by atoms with Gasteiger partial charge >= 0.3 is 0 Å². The highest BCUT2D eigenvalue weighted by atomic mass is 15.2. The monoisotopic (exact) mass is 219 g/mol. The van der Waals surface area contributed by atoms with Gasteiger partial charge in [0.15, 0.2) is 0 Å². The van der Waals surface area contributed by atoms with E-state index >= 15 is 0 Å². The fourth-order valence-electron chi connectivity index (χ4n) is 2.00. The summed E-state index contributed by atoms with van der Waals surface area (Å²) in [7, 11) is 0. The van der Waals surface area contributed by atoms with Gasteiger partial charge in [0.25, 0.3) is 0 Å². The van der Waals surface area contributed by atoms with Crippen LogP contribution in [0.3, 0.4) is 0 Å². The highest BCUT2D eigenvalue weighted by Gasteiger charge is 2.22. The van der Waals surface area contributed by atoms with Gasteiger partial charge in [0.05, 0.1) is 12.4 Å². The Kier molecular flexibility index (Phi) is 3.03. The first-order chi connectivity index (χ1) is 7.70. The van der Waals surface area contributed by atoms with Crippen molar-refractivity contribution in [2.75, 3.05) is 18.0 Å². The van der Waals surface area contributed by atoms with Crippen molar-refractivity contribution in [2.24, 2.45) is 11.7 Å². The molecule has 1 saturated heterocycles. The van der Waals surface area contributed by atoms with E-state index in [2.05, 4.69) is 21.8 Å². The van der Waals surface area contributed by atoms with Crippen LogP contribution in [0.2, 0.25) is 0 Å². The third-order valence-corrected chi connectivity index (χ3v) is 3.10. The first-order valence-corrected chi connectivity index (χ1v) is 5.62. The standard InChI is InChI=1S/C11H17N5/c1-2-8-3-4-16(7-8)10-6-14-9(5-15-10)11(12)13/h5-6,8H,2-4,7H2,1H3,(H3,12,13). The van der Waals surface area contributed by atoms with E-state index in [1.54, 1.807) is 12.4 Å². The molecule has 1 fully saturated rings. The van der Waals surface area contributed by atoms with Gasteiger partial charge < -0.3 is 10.6 Å². The third kappa shape index (κ3) is 2.13. The minimum atomic E-state index is -0.0353. The summed E-state index contributed by atoms with van der Waals surface area (Å²) in [6.45, 7) is 4.33. The first kappa shape index (κ1) is 10.9. The maximum Gasteiger partial charge on any atom is 0.147 e. The topological polar surface area (TPSA) is 78.9 Å². The fourth-order valence-corrected chi connectivity index (χ4v) is 2.00. The second kappa shape index (κ2) is 4.47. The maximum atomic E-state index is 7.24. The molecule has 5 nitrogen and oxygen atoms in total. The second-order valence-corrected chi connectivity index (χ2v) is 4.18. The van der Waals surface area contributed by atoms with E-state index in [-0.39, 0.29) is 5.84 Å². The Morgan fingerprint density at radius 3 is 2.88 bits per heavy atom.